The Kier molecular flexibility index (Phi) is 4.02. The molecule has 0 fully saturated rings. The number of amides is 1. The molecule has 3 rings (SSSR count). The van der Waals surface area contributed by atoms with E-state index >= 15 is 0 Å². The Morgan fingerprint density at radius 1 is 1.22 bits per heavy atom. The van der Waals surface area contributed by atoms with E-state index < -0.39 is 5.91 Å². The van der Waals surface area contributed by atoms with E-state index in [0.717, 1.165) is 0 Å². The van der Waals surface area contributed by atoms with Crippen LogP contribution in [0.5, 0.6) is 11.5 Å². The molecular weight excluding hydrogens is 296 g/mol. The molecule has 6 heteroatoms. The molecule has 1 aliphatic rings. The van der Waals surface area contributed by atoms with Crippen molar-refractivity contribution in [2.75, 3.05) is 18.5 Å². The van der Waals surface area contributed by atoms with Crippen LogP contribution in [0.2, 0.25) is 0 Å². The molecule has 1 aliphatic heterocycles. The molecule has 1 aromatic carbocycles. The first kappa shape index (κ1) is 14.7. The maximum atomic E-state index is 12.2. The first-order valence-corrected chi connectivity index (χ1v) is 7.05. The van der Waals surface area contributed by atoms with Crippen molar-refractivity contribution in [2.24, 2.45) is 0 Å². The molecule has 2 heterocycles. The zero-order valence-electron chi connectivity index (χ0n) is 12.5. The van der Waals surface area contributed by atoms with Crippen molar-refractivity contribution in [1.29, 1.82) is 5.26 Å². The number of benzene rings is 1. The number of anilines is 1. The van der Waals surface area contributed by atoms with E-state index in [4.69, 9.17) is 19.2 Å². The lowest BCUT2D eigenvalue weighted by Gasteiger charge is -2.18. The summed E-state index contributed by atoms with van der Waals surface area (Å²) < 4.78 is 16.2. The van der Waals surface area contributed by atoms with Crippen LogP contribution in [-0.4, -0.2) is 19.1 Å². The van der Waals surface area contributed by atoms with Gasteiger partial charge in [-0.3, -0.25) is 4.79 Å². The predicted molar refractivity (Wildman–Crippen MR) is 83.1 cm³/mol. The number of fused-ring (bicyclic) bond motifs is 1. The number of hydrogen-bond acceptors (Lipinski definition) is 5. The number of hydrogen-bond donors (Lipinski definition) is 1. The fourth-order valence-electron chi connectivity index (χ4n) is 2.14. The Morgan fingerprint density at radius 3 is 2.70 bits per heavy atom. The molecule has 1 amide bonds. The van der Waals surface area contributed by atoms with E-state index in [-0.39, 0.29) is 5.57 Å². The van der Waals surface area contributed by atoms with Crippen LogP contribution in [0.25, 0.3) is 6.08 Å². The molecular formula is C17H14N2O4. The van der Waals surface area contributed by atoms with Crippen LogP contribution >= 0.6 is 0 Å². The van der Waals surface area contributed by atoms with Gasteiger partial charge in [-0.2, -0.15) is 5.26 Å². The average Bonchev–Trinajstić information content (AvgIpc) is 2.97. The highest BCUT2D eigenvalue weighted by Crippen LogP contribution is 2.32. The second kappa shape index (κ2) is 6.28. The minimum absolute atomic E-state index is 0.0470. The number of carbonyl (C=O) groups is 1. The van der Waals surface area contributed by atoms with Crippen molar-refractivity contribution >= 4 is 17.7 Å². The smallest absolute Gasteiger partial charge is 0.266 e. The predicted octanol–water partition coefficient (Wildman–Crippen LogP) is 2.90. The molecule has 0 bridgehead atoms. The van der Waals surface area contributed by atoms with Crippen LogP contribution in [0.3, 0.4) is 0 Å². The molecule has 0 spiro atoms. The normalized spacial score (nSPS) is 13.3. The number of aryl methyl sites for hydroxylation is 1. The van der Waals surface area contributed by atoms with E-state index in [2.05, 4.69) is 5.32 Å². The van der Waals surface area contributed by atoms with Crippen LogP contribution in [0.15, 0.2) is 40.3 Å². The van der Waals surface area contributed by atoms with Gasteiger partial charge in [0, 0.05) is 17.8 Å². The summed E-state index contributed by atoms with van der Waals surface area (Å²) in [6.07, 6.45) is 1.40. The summed E-state index contributed by atoms with van der Waals surface area (Å²) in [6.45, 7) is 2.76. The fourth-order valence-corrected chi connectivity index (χ4v) is 2.14. The van der Waals surface area contributed by atoms with Gasteiger partial charge in [-0.05, 0) is 31.2 Å². The Hall–Kier alpha value is -3.20. The molecule has 0 saturated carbocycles. The topological polar surface area (TPSA) is 84.5 Å². The van der Waals surface area contributed by atoms with E-state index in [1.54, 1.807) is 37.3 Å². The first-order chi connectivity index (χ1) is 11.2. The Bertz CT molecular complexity index is 814. The second-order valence-corrected chi connectivity index (χ2v) is 4.93. The zero-order valence-corrected chi connectivity index (χ0v) is 12.5. The highest BCUT2D eigenvalue weighted by Gasteiger charge is 2.15. The standard InChI is InChI=1S/C17H14N2O4/c1-11-2-4-14(23-11)8-12(10-18)17(20)19-13-3-5-15-16(9-13)22-7-6-21-15/h2-5,8-9H,6-7H2,1H3,(H,19,20). The summed E-state index contributed by atoms with van der Waals surface area (Å²) in [7, 11) is 0. The lowest BCUT2D eigenvalue weighted by atomic mass is 10.2. The van der Waals surface area contributed by atoms with E-state index in [1.807, 2.05) is 6.07 Å². The molecule has 0 atom stereocenters. The van der Waals surface area contributed by atoms with Gasteiger partial charge in [-0.1, -0.05) is 0 Å². The third kappa shape index (κ3) is 3.35. The minimum atomic E-state index is -0.516. The number of rotatable bonds is 3. The van der Waals surface area contributed by atoms with Crippen LogP contribution in [0, 0.1) is 18.3 Å². The van der Waals surface area contributed by atoms with Gasteiger partial charge in [0.2, 0.25) is 0 Å². The summed E-state index contributed by atoms with van der Waals surface area (Å²) >= 11 is 0. The molecule has 6 nitrogen and oxygen atoms in total. The van der Waals surface area contributed by atoms with Crippen molar-refractivity contribution < 1.29 is 18.7 Å². The van der Waals surface area contributed by atoms with Crippen molar-refractivity contribution in [3.63, 3.8) is 0 Å². The number of nitrogens with one attached hydrogen (secondary N) is 1. The number of nitrogens with zero attached hydrogens (tertiary/aromatic N) is 1. The lowest BCUT2D eigenvalue weighted by molar-refractivity contribution is -0.112. The summed E-state index contributed by atoms with van der Waals surface area (Å²) in [5, 5.41) is 11.8. The Balaban J connectivity index is 1.77. The van der Waals surface area contributed by atoms with Gasteiger partial charge in [-0.25, -0.2) is 0 Å². The van der Waals surface area contributed by atoms with Crippen molar-refractivity contribution in [2.45, 2.75) is 6.92 Å². The number of carbonyl (C=O) groups excluding carboxylic acids is 1. The Labute approximate surface area is 132 Å². The minimum Gasteiger partial charge on any atom is -0.486 e. The molecule has 0 aliphatic carbocycles. The molecule has 1 aromatic heterocycles. The van der Waals surface area contributed by atoms with Gasteiger partial charge in [0.05, 0.1) is 0 Å². The van der Waals surface area contributed by atoms with Gasteiger partial charge in [0.25, 0.3) is 5.91 Å². The van der Waals surface area contributed by atoms with Gasteiger partial charge in [0.15, 0.2) is 11.5 Å². The molecule has 0 saturated heterocycles. The van der Waals surface area contributed by atoms with Gasteiger partial charge >= 0.3 is 0 Å². The van der Waals surface area contributed by atoms with Crippen molar-refractivity contribution in [3.8, 4) is 17.6 Å². The second-order valence-electron chi connectivity index (χ2n) is 4.93. The lowest BCUT2D eigenvalue weighted by Crippen LogP contribution is -2.17. The zero-order chi connectivity index (χ0) is 16.2. The number of furan rings is 1. The Morgan fingerprint density at radius 2 is 2.00 bits per heavy atom. The molecule has 2 aromatic rings. The van der Waals surface area contributed by atoms with E-state index in [1.165, 1.54) is 6.08 Å². The molecule has 0 radical (unpaired) electrons. The highest BCUT2D eigenvalue weighted by molar-refractivity contribution is 6.09. The largest absolute Gasteiger partial charge is 0.486 e. The first-order valence-electron chi connectivity index (χ1n) is 7.05. The molecule has 116 valence electrons. The van der Waals surface area contributed by atoms with Crippen molar-refractivity contribution in [1.82, 2.24) is 0 Å². The van der Waals surface area contributed by atoms with E-state index in [9.17, 15) is 4.79 Å². The van der Waals surface area contributed by atoms with Gasteiger partial charge < -0.3 is 19.2 Å². The SMILES string of the molecule is Cc1ccc(C=C(C#N)C(=O)Nc2ccc3c(c2)OCCO3)o1. The average molecular weight is 310 g/mol. The number of nitriles is 1. The van der Waals surface area contributed by atoms with Gasteiger partial charge in [0.1, 0.15) is 36.4 Å². The molecule has 23 heavy (non-hydrogen) atoms. The summed E-state index contributed by atoms with van der Waals surface area (Å²) in [4.78, 5) is 12.2. The summed E-state index contributed by atoms with van der Waals surface area (Å²) in [5.41, 5.74) is 0.477. The summed E-state index contributed by atoms with van der Waals surface area (Å²) in [5.74, 6) is 1.85. The van der Waals surface area contributed by atoms with Crippen LogP contribution < -0.4 is 14.8 Å². The maximum Gasteiger partial charge on any atom is 0.266 e. The molecule has 0 unspecified atom stereocenters. The number of ether oxygens (including phenoxy) is 2. The third-order valence-corrected chi connectivity index (χ3v) is 3.21. The highest BCUT2D eigenvalue weighted by atomic mass is 16.6. The van der Waals surface area contributed by atoms with Crippen molar-refractivity contribution in [3.05, 3.63) is 47.4 Å². The summed E-state index contributed by atoms with van der Waals surface area (Å²) in [6, 6.07) is 10.4. The monoisotopic (exact) mass is 310 g/mol. The maximum absolute atomic E-state index is 12.2. The van der Waals surface area contributed by atoms with E-state index in [0.29, 0.717) is 41.9 Å². The van der Waals surface area contributed by atoms with Crippen LogP contribution in [-0.2, 0) is 4.79 Å². The molecule has 1 N–H and O–H groups in total. The van der Waals surface area contributed by atoms with Crippen LogP contribution in [0.1, 0.15) is 11.5 Å². The van der Waals surface area contributed by atoms with Crippen LogP contribution in [0.4, 0.5) is 5.69 Å². The van der Waals surface area contributed by atoms with Gasteiger partial charge in [-0.15, -0.1) is 0 Å². The third-order valence-electron chi connectivity index (χ3n) is 3.21. The fraction of sp³-hybridized carbons (Fsp3) is 0.176. The quantitative estimate of drug-likeness (QED) is 0.696.